The highest BCUT2D eigenvalue weighted by molar-refractivity contribution is 5.68. The lowest BCUT2D eigenvalue weighted by Crippen LogP contribution is -2.37. The summed E-state index contributed by atoms with van der Waals surface area (Å²) in [6, 6.07) is 0. The molecule has 0 aromatic carbocycles. The number of carboxylic acids is 1. The molecule has 0 aliphatic rings. The van der Waals surface area contributed by atoms with Crippen molar-refractivity contribution in [3.63, 3.8) is 0 Å². The standard InChI is InChI=1S/C8H18NO2.C3H6O2/c1-5-8(10)11-7-6-9(2,3)4;1-2-3(4)5/h5-7H2,1-4H3;2H2,1H3,(H,4,5)/q+1;. The predicted octanol–water partition coefficient (Wildman–Crippen LogP) is 1.13. The third-order valence-corrected chi connectivity index (χ3v) is 1.62. The quantitative estimate of drug-likeness (QED) is 0.572. The van der Waals surface area contributed by atoms with Gasteiger partial charge in [-0.05, 0) is 0 Å². The van der Waals surface area contributed by atoms with Gasteiger partial charge in [0.15, 0.2) is 0 Å². The van der Waals surface area contributed by atoms with E-state index in [1.165, 1.54) is 0 Å². The number of ether oxygens (including phenoxy) is 1. The van der Waals surface area contributed by atoms with Gasteiger partial charge in [-0.1, -0.05) is 13.8 Å². The lowest BCUT2D eigenvalue weighted by molar-refractivity contribution is -0.870. The molecule has 0 aromatic heterocycles. The molecule has 5 nitrogen and oxygen atoms in total. The molecule has 0 aliphatic heterocycles. The largest absolute Gasteiger partial charge is 0.481 e. The van der Waals surface area contributed by atoms with Crippen LogP contribution in [0.1, 0.15) is 26.7 Å². The smallest absolute Gasteiger partial charge is 0.305 e. The number of hydrogen-bond acceptors (Lipinski definition) is 3. The molecule has 0 bridgehead atoms. The molecule has 0 spiro atoms. The Balaban J connectivity index is 0. The summed E-state index contributed by atoms with van der Waals surface area (Å²) in [7, 11) is 6.21. The molecule has 0 aromatic rings. The molecular formula is C11H24NO4+. The van der Waals surface area contributed by atoms with Crippen molar-refractivity contribution >= 4 is 11.9 Å². The molecule has 0 atom stereocenters. The number of hydrogen-bond donors (Lipinski definition) is 1. The Morgan fingerprint density at radius 1 is 1.12 bits per heavy atom. The molecule has 0 rings (SSSR count). The molecule has 0 heterocycles. The third kappa shape index (κ3) is 18.6. The number of nitrogens with zero attached hydrogens (tertiary/aromatic N) is 1. The van der Waals surface area contributed by atoms with Crippen LogP contribution in [0.25, 0.3) is 0 Å². The van der Waals surface area contributed by atoms with Crippen LogP contribution in [0.5, 0.6) is 0 Å². The summed E-state index contributed by atoms with van der Waals surface area (Å²) in [6.45, 7) is 4.79. The third-order valence-electron chi connectivity index (χ3n) is 1.62. The van der Waals surface area contributed by atoms with E-state index in [-0.39, 0.29) is 12.4 Å². The van der Waals surface area contributed by atoms with E-state index in [4.69, 9.17) is 9.84 Å². The van der Waals surface area contributed by atoms with Gasteiger partial charge in [-0.2, -0.15) is 0 Å². The molecule has 5 heteroatoms. The van der Waals surface area contributed by atoms with E-state index in [0.717, 1.165) is 11.0 Å². The summed E-state index contributed by atoms with van der Waals surface area (Å²) >= 11 is 0. The van der Waals surface area contributed by atoms with Crippen molar-refractivity contribution in [2.45, 2.75) is 26.7 Å². The summed E-state index contributed by atoms with van der Waals surface area (Å²) in [4.78, 5) is 20.0. The zero-order valence-corrected chi connectivity index (χ0v) is 10.9. The van der Waals surface area contributed by atoms with Crippen molar-refractivity contribution in [2.24, 2.45) is 0 Å². The zero-order chi connectivity index (χ0) is 13.2. The number of esters is 1. The summed E-state index contributed by atoms with van der Waals surface area (Å²) in [5.74, 6) is -0.858. The number of carbonyl (C=O) groups is 2. The lowest BCUT2D eigenvalue weighted by atomic mass is 10.5. The van der Waals surface area contributed by atoms with Gasteiger partial charge in [0.25, 0.3) is 0 Å². The van der Waals surface area contributed by atoms with Crippen molar-refractivity contribution in [1.29, 1.82) is 0 Å². The molecule has 96 valence electrons. The van der Waals surface area contributed by atoms with Crippen LogP contribution in [0.3, 0.4) is 0 Å². The molecule has 0 unspecified atom stereocenters. The minimum absolute atomic E-state index is 0.113. The van der Waals surface area contributed by atoms with Crippen LogP contribution in [-0.2, 0) is 14.3 Å². The van der Waals surface area contributed by atoms with E-state index in [1.54, 1.807) is 13.8 Å². The van der Waals surface area contributed by atoms with Crippen LogP contribution >= 0.6 is 0 Å². The van der Waals surface area contributed by atoms with E-state index in [1.807, 2.05) is 0 Å². The monoisotopic (exact) mass is 234 g/mol. The maximum Gasteiger partial charge on any atom is 0.305 e. The topological polar surface area (TPSA) is 63.6 Å². The minimum atomic E-state index is -0.745. The number of carboxylic acid groups (broad SMARTS) is 1. The first-order chi connectivity index (χ1) is 7.22. The van der Waals surface area contributed by atoms with Gasteiger partial charge in [0.05, 0.1) is 21.1 Å². The molecule has 16 heavy (non-hydrogen) atoms. The molecule has 0 radical (unpaired) electrons. The minimum Gasteiger partial charge on any atom is -0.481 e. The van der Waals surface area contributed by atoms with Crippen LogP contribution in [0.2, 0.25) is 0 Å². The van der Waals surface area contributed by atoms with Gasteiger partial charge in [-0.15, -0.1) is 0 Å². The molecule has 0 saturated heterocycles. The fourth-order valence-electron chi connectivity index (χ4n) is 0.535. The average Bonchev–Trinajstić information content (AvgIpc) is 2.16. The van der Waals surface area contributed by atoms with Crippen LogP contribution < -0.4 is 0 Å². The number of likely N-dealkylation sites (N-methyl/N-ethyl adjacent to an activating group) is 1. The Bertz CT molecular complexity index is 209. The first kappa shape index (κ1) is 17.3. The summed E-state index contributed by atoms with van der Waals surface area (Å²) in [5, 5.41) is 7.72. The van der Waals surface area contributed by atoms with Crippen molar-refractivity contribution in [3.8, 4) is 0 Å². The highest BCUT2D eigenvalue weighted by atomic mass is 16.5. The number of carbonyl (C=O) groups excluding carboxylic acids is 1. The van der Waals surface area contributed by atoms with Gasteiger partial charge in [-0.3, -0.25) is 9.59 Å². The fraction of sp³-hybridized carbons (Fsp3) is 0.818. The molecule has 0 fully saturated rings. The first-order valence-corrected chi connectivity index (χ1v) is 5.40. The van der Waals surface area contributed by atoms with Crippen molar-refractivity contribution in [1.82, 2.24) is 0 Å². The van der Waals surface area contributed by atoms with Gasteiger partial charge < -0.3 is 14.3 Å². The summed E-state index contributed by atoms with van der Waals surface area (Å²) in [5.41, 5.74) is 0. The Morgan fingerprint density at radius 2 is 1.56 bits per heavy atom. The van der Waals surface area contributed by atoms with E-state index in [2.05, 4.69) is 21.1 Å². The Labute approximate surface area is 97.6 Å². The van der Waals surface area contributed by atoms with Crippen LogP contribution in [0.4, 0.5) is 0 Å². The van der Waals surface area contributed by atoms with Gasteiger partial charge >= 0.3 is 11.9 Å². The first-order valence-electron chi connectivity index (χ1n) is 5.40. The van der Waals surface area contributed by atoms with Crippen molar-refractivity contribution < 1.29 is 23.9 Å². The van der Waals surface area contributed by atoms with E-state index in [9.17, 15) is 9.59 Å². The molecule has 0 aliphatic carbocycles. The number of aliphatic carboxylic acids is 1. The average molecular weight is 234 g/mol. The van der Waals surface area contributed by atoms with Crippen LogP contribution in [-0.4, -0.2) is 55.8 Å². The zero-order valence-electron chi connectivity index (χ0n) is 10.9. The number of quaternary nitrogens is 1. The van der Waals surface area contributed by atoms with E-state index in [0.29, 0.717) is 13.0 Å². The lowest BCUT2D eigenvalue weighted by Gasteiger charge is -2.23. The number of rotatable bonds is 5. The van der Waals surface area contributed by atoms with Crippen molar-refractivity contribution in [3.05, 3.63) is 0 Å². The van der Waals surface area contributed by atoms with Gasteiger partial charge in [0, 0.05) is 12.8 Å². The molecule has 1 N–H and O–H groups in total. The van der Waals surface area contributed by atoms with E-state index >= 15 is 0 Å². The highest BCUT2D eigenvalue weighted by Gasteiger charge is 2.07. The van der Waals surface area contributed by atoms with Crippen LogP contribution in [0, 0.1) is 0 Å². The Morgan fingerprint density at radius 3 is 1.81 bits per heavy atom. The van der Waals surface area contributed by atoms with Gasteiger partial charge in [0.1, 0.15) is 13.2 Å². The molecular weight excluding hydrogens is 210 g/mol. The Hall–Kier alpha value is -1.10. The second-order valence-electron chi connectivity index (χ2n) is 4.34. The maximum absolute atomic E-state index is 10.7. The SMILES string of the molecule is CCC(=O)O.CCC(=O)OCC[N+](C)(C)C. The fourth-order valence-corrected chi connectivity index (χ4v) is 0.535. The summed E-state index contributed by atoms with van der Waals surface area (Å²) < 4.78 is 5.74. The maximum atomic E-state index is 10.7. The molecule has 0 saturated carbocycles. The Kier molecular flexibility index (Phi) is 9.89. The second-order valence-corrected chi connectivity index (χ2v) is 4.34. The van der Waals surface area contributed by atoms with Crippen molar-refractivity contribution in [2.75, 3.05) is 34.3 Å². The van der Waals surface area contributed by atoms with E-state index < -0.39 is 5.97 Å². The van der Waals surface area contributed by atoms with Gasteiger partial charge in [-0.25, -0.2) is 0 Å². The summed E-state index contributed by atoms with van der Waals surface area (Å²) in [6.07, 6.45) is 0.692. The van der Waals surface area contributed by atoms with Crippen LogP contribution in [0.15, 0.2) is 0 Å². The predicted molar refractivity (Wildman–Crippen MR) is 62.1 cm³/mol. The highest BCUT2D eigenvalue weighted by Crippen LogP contribution is 1.91. The molecule has 0 amide bonds. The second kappa shape index (κ2) is 9.15. The van der Waals surface area contributed by atoms with Gasteiger partial charge in [0.2, 0.25) is 0 Å². The normalized spacial score (nSPS) is 10.1.